The van der Waals surface area contributed by atoms with Crippen molar-refractivity contribution < 1.29 is 4.79 Å². The van der Waals surface area contributed by atoms with E-state index in [9.17, 15) is 4.79 Å². The molecule has 2 aromatic rings. The molecule has 1 aromatic carbocycles. The summed E-state index contributed by atoms with van der Waals surface area (Å²) in [6.45, 7) is 2.27. The van der Waals surface area contributed by atoms with Gasteiger partial charge in [0.05, 0.1) is 0 Å². The topological polar surface area (TPSA) is 32.3 Å². The Kier molecular flexibility index (Phi) is 4.36. The van der Waals surface area contributed by atoms with Gasteiger partial charge in [-0.1, -0.05) is 6.07 Å². The number of hydrogen-bond donors (Lipinski definition) is 1. The first-order chi connectivity index (χ1) is 10.3. The molecule has 1 fully saturated rings. The van der Waals surface area contributed by atoms with Crippen LogP contribution < -0.4 is 10.2 Å². The van der Waals surface area contributed by atoms with E-state index in [0.717, 1.165) is 23.7 Å². The van der Waals surface area contributed by atoms with Crippen LogP contribution in [0.2, 0.25) is 0 Å². The lowest BCUT2D eigenvalue weighted by atomic mass is 10.2. The second kappa shape index (κ2) is 6.59. The standard InChI is InChI=1S/C17H18N2OS/c20-17(10-9-16-4-3-13-21-16)18-14-5-7-15(8-6-14)19-11-1-2-12-19/h3-10,13H,1-2,11-12H2,(H,18,20)/b10-9+. The first kappa shape index (κ1) is 13.9. The van der Waals surface area contributed by atoms with Gasteiger partial charge in [0.2, 0.25) is 5.91 Å². The first-order valence-corrected chi connectivity index (χ1v) is 8.07. The molecular formula is C17H18N2OS. The predicted octanol–water partition coefficient (Wildman–Crippen LogP) is 4.00. The van der Waals surface area contributed by atoms with Gasteiger partial charge < -0.3 is 10.2 Å². The Balaban J connectivity index is 1.58. The molecule has 21 heavy (non-hydrogen) atoms. The molecule has 1 N–H and O–H groups in total. The Morgan fingerprint density at radius 1 is 1.14 bits per heavy atom. The largest absolute Gasteiger partial charge is 0.372 e. The number of carbonyl (C=O) groups is 1. The number of amides is 1. The number of nitrogens with zero attached hydrogens (tertiary/aromatic N) is 1. The average molecular weight is 298 g/mol. The highest BCUT2D eigenvalue weighted by Crippen LogP contribution is 2.22. The summed E-state index contributed by atoms with van der Waals surface area (Å²) < 4.78 is 0. The second-order valence-electron chi connectivity index (χ2n) is 5.08. The lowest BCUT2D eigenvalue weighted by Gasteiger charge is -2.17. The predicted molar refractivity (Wildman–Crippen MR) is 89.9 cm³/mol. The molecule has 0 bridgehead atoms. The highest BCUT2D eigenvalue weighted by atomic mass is 32.1. The fourth-order valence-electron chi connectivity index (χ4n) is 2.46. The summed E-state index contributed by atoms with van der Waals surface area (Å²) in [4.78, 5) is 15.3. The maximum Gasteiger partial charge on any atom is 0.248 e. The number of carbonyl (C=O) groups excluding carboxylic acids is 1. The summed E-state index contributed by atoms with van der Waals surface area (Å²) in [7, 11) is 0. The van der Waals surface area contributed by atoms with Crippen LogP contribution in [0, 0.1) is 0 Å². The average Bonchev–Trinajstić information content (AvgIpc) is 3.19. The molecular weight excluding hydrogens is 280 g/mol. The fraction of sp³-hybridized carbons (Fsp3) is 0.235. The van der Waals surface area contributed by atoms with Gasteiger partial charge in [0.15, 0.2) is 0 Å². The number of hydrogen-bond acceptors (Lipinski definition) is 3. The monoisotopic (exact) mass is 298 g/mol. The van der Waals surface area contributed by atoms with E-state index in [0.29, 0.717) is 0 Å². The second-order valence-corrected chi connectivity index (χ2v) is 6.06. The molecule has 0 atom stereocenters. The normalized spacial score (nSPS) is 14.8. The van der Waals surface area contributed by atoms with E-state index in [-0.39, 0.29) is 5.91 Å². The van der Waals surface area contributed by atoms with Crippen LogP contribution in [0.25, 0.3) is 6.08 Å². The number of rotatable bonds is 4. The van der Waals surface area contributed by atoms with Gasteiger partial charge in [-0.2, -0.15) is 0 Å². The van der Waals surface area contributed by atoms with Crippen LogP contribution in [0.3, 0.4) is 0 Å². The molecule has 108 valence electrons. The minimum Gasteiger partial charge on any atom is -0.372 e. The zero-order valence-corrected chi connectivity index (χ0v) is 12.6. The Morgan fingerprint density at radius 3 is 2.57 bits per heavy atom. The minimum atomic E-state index is -0.0997. The Hall–Kier alpha value is -2.07. The summed E-state index contributed by atoms with van der Waals surface area (Å²) in [6, 6.07) is 12.0. The molecule has 1 amide bonds. The van der Waals surface area contributed by atoms with Gasteiger partial charge in [-0.25, -0.2) is 0 Å². The van der Waals surface area contributed by atoms with Gasteiger partial charge in [-0.15, -0.1) is 11.3 Å². The number of nitrogens with one attached hydrogen (secondary N) is 1. The lowest BCUT2D eigenvalue weighted by molar-refractivity contribution is -0.111. The molecule has 1 aromatic heterocycles. The van der Waals surface area contributed by atoms with E-state index in [1.807, 2.05) is 35.7 Å². The summed E-state index contributed by atoms with van der Waals surface area (Å²) in [5, 5.41) is 4.88. The van der Waals surface area contributed by atoms with E-state index < -0.39 is 0 Å². The summed E-state index contributed by atoms with van der Waals surface area (Å²) in [5.74, 6) is -0.0997. The Bertz CT molecular complexity index is 611. The molecule has 3 rings (SSSR count). The van der Waals surface area contributed by atoms with Crippen molar-refractivity contribution in [2.75, 3.05) is 23.3 Å². The molecule has 0 spiro atoms. The molecule has 2 heterocycles. The van der Waals surface area contributed by atoms with Crippen LogP contribution in [0.5, 0.6) is 0 Å². The van der Waals surface area contributed by atoms with Crippen LogP contribution in [0.15, 0.2) is 47.9 Å². The van der Waals surface area contributed by atoms with Crippen molar-refractivity contribution >= 4 is 34.7 Å². The number of thiophene rings is 1. The van der Waals surface area contributed by atoms with Crippen molar-refractivity contribution in [3.63, 3.8) is 0 Å². The minimum absolute atomic E-state index is 0.0997. The van der Waals surface area contributed by atoms with Crippen LogP contribution in [0.4, 0.5) is 11.4 Å². The van der Waals surface area contributed by atoms with E-state index in [2.05, 4.69) is 22.3 Å². The SMILES string of the molecule is O=C(/C=C/c1cccs1)Nc1ccc(N2CCCC2)cc1. The molecule has 0 radical (unpaired) electrons. The fourth-order valence-corrected chi connectivity index (χ4v) is 3.08. The third-order valence-corrected chi connectivity index (χ3v) is 4.39. The third kappa shape index (κ3) is 3.73. The summed E-state index contributed by atoms with van der Waals surface area (Å²) in [6.07, 6.45) is 5.94. The molecule has 0 unspecified atom stereocenters. The lowest BCUT2D eigenvalue weighted by Crippen LogP contribution is -2.17. The van der Waals surface area contributed by atoms with Crippen LogP contribution in [-0.4, -0.2) is 19.0 Å². The maximum atomic E-state index is 11.8. The molecule has 1 aliphatic rings. The Morgan fingerprint density at radius 2 is 1.90 bits per heavy atom. The number of anilines is 2. The van der Waals surface area contributed by atoms with E-state index in [1.165, 1.54) is 18.5 Å². The third-order valence-electron chi connectivity index (χ3n) is 3.55. The van der Waals surface area contributed by atoms with Gasteiger partial charge >= 0.3 is 0 Å². The van der Waals surface area contributed by atoms with Gasteiger partial charge in [0, 0.05) is 35.4 Å². The molecule has 4 heteroatoms. The van der Waals surface area contributed by atoms with Crippen LogP contribution in [0.1, 0.15) is 17.7 Å². The zero-order chi connectivity index (χ0) is 14.5. The molecule has 3 nitrogen and oxygen atoms in total. The quantitative estimate of drug-likeness (QED) is 0.865. The van der Waals surface area contributed by atoms with E-state index in [4.69, 9.17) is 0 Å². The highest BCUT2D eigenvalue weighted by molar-refractivity contribution is 7.10. The van der Waals surface area contributed by atoms with Crippen LogP contribution in [-0.2, 0) is 4.79 Å². The summed E-state index contributed by atoms with van der Waals surface area (Å²) >= 11 is 1.61. The smallest absolute Gasteiger partial charge is 0.248 e. The maximum absolute atomic E-state index is 11.8. The molecule has 0 saturated carbocycles. The van der Waals surface area contributed by atoms with Crippen molar-refractivity contribution in [2.45, 2.75) is 12.8 Å². The molecule has 1 saturated heterocycles. The van der Waals surface area contributed by atoms with Crippen molar-refractivity contribution in [1.82, 2.24) is 0 Å². The van der Waals surface area contributed by atoms with Gasteiger partial charge in [-0.3, -0.25) is 4.79 Å². The van der Waals surface area contributed by atoms with Gasteiger partial charge in [0.1, 0.15) is 0 Å². The van der Waals surface area contributed by atoms with Crippen molar-refractivity contribution in [1.29, 1.82) is 0 Å². The summed E-state index contributed by atoms with van der Waals surface area (Å²) in [5.41, 5.74) is 2.07. The van der Waals surface area contributed by atoms with Crippen molar-refractivity contribution in [2.24, 2.45) is 0 Å². The van der Waals surface area contributed by atoms with E-state index in [1.54, 1.807) is 17.4 Å². The van der Waals surface area contributed by atoms with Gasteiger partial charge in [-0.05, 0) is 54.6 Å². The highest BCUT2D eigenvalue weighted by Gasteiger charge is 2.11. The van der Waals surface area contributed by atoms with Crippen LogP contribution >= 0.6 is 11.3 Å². The Labute approximate surface area is 128 Å². The first-order valence-electron chi connectivity index (χ1n) is 7.19. The van der Waals surface area contributed by atoms with Crippen molar-refractivity contribution in [3.8, 4) is 0 Å². The number of benzene rings is 1. The molecule has 0 aliphatic carbocycles. The molecule has 1 aliphatic heterocycles. The van der Waals surface area contributed by atoms with Gasteiger partial charge in [0.25, 0.3) is 0 Å². The van der Waals surface area contributed by atoms with Crippen molar-refractivity contribution in [3.05, 3.63) is 52.7 Å². The van der Waals surface area contributed by atoms with E-state index >= 15 is 0 Å². The zero-order valence-electron chi connectivity index (χ0n) is 11.8.